The summed E-state index contributed by atoms with van der Waals surface area (Å²) in [6.45, 7) is 6.04. The van der Waals surface area contributed by atoms with Gasteiger partial charge >= 0.3 is 0 Å². The predicted octanol–water partition coefficient (Wildman–Crippen LogP) is 2.87. The molecule has 1 rings (SSSR count). The zero-order valence-corrected chi connectivity index (χ0v) is 10.5. The van der Waals surface area contributed by atoms with Crippen molar-refractivity contribution in [2.75, 3.05) is 0 Å². The van der Waals surface area contributed by atoms with Gasteiger partial charge in [-0.1, -0.05) is 39.7 Å². The smallest absolute Gasteiger partial charge is 0.233 e. The Morgan fingerprint density at radius 1 is 1.25 bits per heavy atom. The summed E-state index contributed by atoms with van der Waals surface area (Å²) in [7, 11) is 0. The van der Waals surface area contributed by atoms with Crippen LogP contribution in [0.3, 0.4) is 0 Å². The normalized spacial score (nSPS) is 20.8. The molecular formula is C13H21NO2. The zero-order valence-electron chi connectivity index (χ0n) is 10.5. The minimum absolute atomic E-state index is 0.0750. The third-order valence-corrected chi connectivity index (χ3v) is 2.78. The second kappa shape index (κ2) is 5.28. The van der Waals surface area contributed by atoms with Gasteiger partial charge in [0.2, 0.25) is 11.8 Å². The summed E-state index contributed by atoms with van der Waals surface area (Å²) in [5.74, 6) is -0.150. The van der Waals surface area contributed by atoms with E-state index in [0.29, 0.717) is 12.8 Å². The van der Waals surface area contributed by atoms with E-state index in [2.05, 4.69) is 6.92 Å². The molecule has 2 amide bonds. The average molecular weight is 223 g/mol. The molecule has 1 saturated heterocycles. The number of hydrogen-bond acceptors (Lipinski definition) is 2. The van der Waals surface area contributed by atoms with Gasteiger partial charge in [-0.25, -0.2) is 0 Å². The molecule has 0 aromatic heterocycles. The molecular weight excluding hydrogens is 202 g/mol. The standard InChI is InChI=1S/C13H21NO2/c1-4-5-6-7-8-14-11(15)9-13(2,3)10-12(14)16/h7-8H,4-6,9-10H2,1-3H3. The van der Waals surface area contributed by atoms with E-state index in [1.54, 1.807) is 6.20 Å². The highest BCUT2D eigenvalue weighted by molar-refractivity contribution is 5.99. The number of unbranched alkanes of at least 4 members (excludes halogenated alkanes) is 2. The van der Waals surface area contributed by atoms with E-state index in [4.69, 9.17) is 0 Å². The van der Waals surface area contributed by atoms with Crippen molar-refractivity contribution in [2.45, 2.75) is 52.9 Å². The summed E-state index contributed by atoms with van der Waals surface area (Å²) in [4.78, 5) is 24.8. The number of carbonyl (C=O) groups excluding carboxylic acids is 2. The van der Waals surface area contributed by atoms with Crippen LogP contribution in [0.2, 0.25) is 0 Å². The van der Waals surface area contributed by atoms with Crippen LogP contribution >= 0.6 is 0 Å². The lowest BCUT2D eigenvalue weighted by molar-refractivity contribution is -0.148. The first-order valence-corrected chi connectivity index (χ1v) is 5.98. The van der Waals surface area contributed by atoms with Crippen LogP contribution in [0.1, 0.15) is 52.9 Å². The first kappa shape index (κ1) is 12.9. The van der Waals surface area contributed by atoms with Crippen molar-refractivity contribution in [1.29, 1.82) is 0 Å². The SMILES string of the molecule is CCCCC=CN1C(=O)CC(C)(C)CC1=O. The van der Waals surface area contributed by atoms with Crippen molar-refractivity contribution in [3.05, 3.63) is 12.3 Å². The number of hydrogen-bond donors (Lipinski definition) is 0. The molecule has 0 aromatic carbocycles. The zero-order chi connectivity index (χ0) is 12.2. The van der Waals surface area contributed by atoms with Crippen LogP contribution < -0.4 is 0 Å². The number of rotatable bonds is 4. The molecule has 1 fully saturated rings. The first-order valence-electron chi connectivity index (χ1n) is 5.98. The minimum atomic E-state index is -0.179. The fourth-order valence-corrected chi connectivity index (χ4v) is 1.86. The van der Waals surface area contributed by atoms with Crippen molar-refractivity contribution in [1.82, 2.24) is 4.90 Å². The van der Waals surface area contributed by atoms with Gasteiger partial charge in [-0.05, 0) is 11.8 Å². The van der Waals surface area contributed by atoms with Crippen molar-refractivity contribution in [3.8, 4) is 0 Å². The van der Waals surface area contributed by atoms with Crippen LogP contribution in [0.5, 0.6) is 0 Å². The molecule has 0 radical (unpaired) electrons. The van der Waals surface area contributed by atoms with Crippen molar-refractivity contribution in [3.63, 3.8) is 0 Å². The Balaban J connectivity index is 2.58. The highest BCUT2D eigenvalue weighted by Crippen LogP contribution is 2.31. The van der Waals surface area contributed by atoms with E-state index >= 15 is 0 Å². The molecule has 0 aliphatic carbocycles. The van der Waals surface area contributed by atoms with E-state index in [1.807, 2.05) is 19.9 Å². The molecule has 0 atom stereocenters. The lowest BCUT2D eigenvalue weighted by atomic mass is 9.82. The molecule has 1 aliphatic heterocycles. The summed E-state index contributed by atoms with van der Waals surface area (Å²) >= 11 is 0. The highest BCUT2D eigenvalue weighted by atomic mass is 16.2. The first-order chi connectivity index (χ1) is 7.46. The fourth-order valence-electron chi connectivity index (χ4n) is 1.86. The van der Waals surface area contributed by atoms with Crippen LogP contribution in [0.15, 0.2) is 12.3 Å². The van der Waals surface area contributed by atoms with Gasteiger partial charge in [0.1, 0.15) is 0 Å². The summed E-state index contributed by atoms with van der Waals surface area (Å²) < 4.78 is 0. The summed E-state index contributed by atoms with van der Waals surface area (Å²) in [6.07, 6.45) is 7.62. The maximum Gasteiger partial charge on any atom is 0.233 e. The molecule has 0 unspecified atom stereocenters. The maximum absolute atomic E-state index is 11.7. The van der Waals surface area contributed by atoms with Crippen LogP contribution in [-0.4, -0.2) is 16.7 Å². The van der Waals surface area contributed by atoms with E-state index < -0.39 is 0 Å². The van der Waals surface area contributed by atoms with Crippen LogP contribution in [0.4, 0.5) is 0 Å². The van der Waals surface area contributed by atoms with Crippen molar-refractivity contribution >= 4 is 11.8 Å². The summed E-state index contributed by atoms with van der Waals surface area (Å²) in [5.41, 5.74) is -0.179. The molecule has 3 heteroatoms. The van der Waals surface area contributed by atoms with Gasteiger partial charge in [0.15, 0.2) is 0 Å². The van der Waals surface area contributed by atoms with Crippen molar-refractivity contribution in [2.24, 2.45) is 5.41 Å². The Morgan fingerprint density at radius 2 is 1.81 bits per heavy atom. The number of allylic oxidation sites excluding steroid dienone is 1. The number of imide groups is 1. The quantitative estimate of drug-likeness (QED) is 0.543. The van der Waals surface area contributed by atoms with Gasteiger partial charge in [0.25, 0.3) is 0 Å². The summed E-state index contributed by atoms with van der Waals surface area (Å²) in [6, 6.07) is 0. The van der Waals surface area contributed by atoms with E-state index in [1.165, 1.54) is 4.90 Å². The summed E-state index contributed by atoms with van der Waals surface area (Å²) in [5, 5.41) is 0. The molecule has 3 nitrogen and oxygen atoms in total. The van der Waals surface area contributed by atoms with Gasteiger partial charge in [-0.3, -0.25) is 14.5 Å². The predicted molar refractivity (Wildman–Crippen MR) is 63.5 cm³/mol. The number of nitrogens with zero attached hydrogens (tertiary/aromatic N) is 1. The van der Waals surface area contributed by atoms with E-state index in [0.717, 1.165) is 19.3 Å². The van der Waals surface area contributed by atoms with Gasteiger partial charge in [-0.2, -0.15) is 0 Å². The minimum Gasteiger partial charge on any atom is -0.274 e. The Kier molecular flexibility index (Phi) is 4.27. The fraction of sp³-hybridized carbons (Fsp3) is 0.692. The topological polar surface area (TPSA) is 37.4 Å². The lowest BCUT2D eigenvalue weighted by Gasteiger charge is -2.32. The highest BCUT2D eigenvalue weighted by Gasteiger charge is 2.36. The maximum atomic E-state index is 11.7. The van der Waals surface area contributed by atoms with Crippen molar-refractivity contribution < 1.29 is 9.59 Å². The lowest BCUT2D eigenvalue weighted by Crippen LogP contribution is -2.42. The molecule has 1 aliphatic rings. The van der Waals surface area contributed by atoms with Gasteiger partial charge in [0.05, 0.1) is 0 Å². The van der Waals surface area contributed by atoms with Crippen LogP contribution in [0, 0.1) is 5.41 Å². The molecule has 0 N–H and O–H groups in total. The molecule has 1 heterocycles. The third kappa shape index (κ3) is 3.47. The van der Waals surface area contributed by atoms with Gasteiger partial charge in [0, 0.05) is 19.0 Å². The average Bonchev–Trinajstić information content (AvgIpc) is 2.13. The number of likely N-dealkylation sites (tertiary alicyclic amines) is 1. The molecule has 0 spiro atoms. The Bertz CT molecular complexity index is 285. The monoisotopic (exact) mass is 223 g/mol. The van der Waals surface area contributed by atoms with E-state index in [-0.39, 0.29) is 17.2 Å². The number of carbonyl (C=O) groups is 2. The van der Waals surface area contributed by atoms with Gasteiger partial charge in [-0.15, -0.1) is 0 Å². The number of amides is 2. The van der Waals surface area contributed by atoms with E-state index in [9.17, 15) is 9.59 Å². The molecule has 0 aromatic rings. The second-order valence-corrected chi connectivity index (χ2v) is 5.20. The Morgan fingerprint density at radius 3 is 2.31 bits per heavy atom. The largest absolute Gasteiger partial charge is 0.274 e. The molecule has 90 valence electrons. The van der Waals surface area contributed by atoms with Gasteiger partial charge < -0.3 is 0 Å². The molecule has 0 bridgehead atoms. The van der Waals surface area contributed by atoms with Crippen LogP contribution in [0.25, 0.3) is 0 Å². The molecule has 16 heavy (non-hydrogen) atoms. The molecule has 0 saturated carbocycles. The Labute approximate surface area is 97.5 Å². The number of piperidine rings is 1. The third-order valence-electron chi connectivity index (χ3n) is 2.78. The van der Waals surface area contributed by atoms with Crippen LogP contribution in [-0.2, 0) is 9.59 Å². The second-order valence-electron chi connectivity index (χ2n) is 5.20. The Hall–Kier alpha value is -1.12.